The highest BCUT2D eigenvalue weighted by Gasteiger charge is 2.14. The third kappa shape index (κ3) is 3.48. The minimum Gasteiger partial charge on any atom is -0.361 e. The summed E-state index contributed by atoms with van der Waals surface area (Å²) in [7, 11) is 0. The zero-order valence-corrected chi connectivity index (χ0v) is 14.1. The normalized spacial score (nSPS) is 11.7. The molecule has 3 rings (SSSR count). The summed E-state index contributed by atoms with van der Waals surface area (Å²) in [6, 6.07) is 12.4. The van der Waals surface area contributed by atoms with Gasteiger partial charge in [0, 0.05) is 22.8 Å². The Balaban J connectivity index is 1.71. The summed E-state index contributed by atoms with van der Waals surface area (Å²) in [6.45, 7) is 6.46. The van der Waals surface area contributed by atoms with Gasteiger partial charge in [-0.1, -0.05) is 32.9 Å². The number of anilines is 1. The summed E-state index contributed by atoms with van der Waals surface area (Å²) in [6.07, 6.45) is 2.00. The molecule has 1 amide bonds. The lowest BCUT2D eigenvalue weighted by Crippen LogP contribution is -2.15. The van der Waals surface area contributed by atoms with Gasteiger partial charge in [-0.2, -0.15) is 0 Å². The van der Waals surface area contributed by atoms with Crippen molar-refractivity contribution < 1.29 is 9.18 Å². The van der Waals surface area contributed by atoms with Gasteiger partial charge in [0.25, 0.3) is 0 Å². The maximum absolute atomic E-state index is 13.2. The number of carbonyl (C=O) groups excluding carboxylic acids is 1. The molecule has 0 saturated carbocycles. The summed E-state index contributed by atoms with van der Waals surface area (Å²) < 4.78 is 13.2. The summed E-state index contributed by atoms with van der Waals surface area (Å²) in [5.41, 5.74) is 3.64. The third-order valence-corrected chi connectivity index (χ3v) is 4.12. The van der Waals surface area contributed by atoms with E-state index in [4.69, 9.17) is 0 Å². The Morgan fingerprint density at radius 2 is 1.83 bits per heavy atom. The molecule has 0 aliphatic rings. The first kappa shape index (κ1) is 16.2. The fraction of sp³-hybridized carbons (Fsp3) is 0.250. The number of hydrogen-bond acceptors (Lipinski definition) is 1. The first-order chi connectivity index (χ1) is 11.3. The van der Waals surface area contributed by atoms with Crippen LogP contribution in [0, 0.1) is 5.82 Å². The highest BCUT2D eigenvalue weighted by Crippen LogP contribution is 2.24. The minimum absolute atomic E-state index is 0.0852. The molecule has 0 aliphatic carbocycles. The van der Waals surface area contributed by atoms with Crippen LogP contribution in [0.5, 0.6) is 0 Å². The van der Waals surface area contributed by atoms with Crippen molar-refractivity contribution in [3.63, 3.8) is 0 Å². The van der Waals surface area contributed by atoms with Crippen LogP contribution in [-0.4, -0.2) is 10.9 Å². The Kier molecular flexibility index (Phi) is 4.14. The van der Waals surface area contributed by atoms with Crippen LogP contribution in [0.1, 0.15) is 31.9 Å². The summed E-state index contributed by atoms with van der Waals surface area (Å²) in [5, 5.41) is 3.78. The van der Waals surface area contributed by atoms with Crippen LogP contribution in [0.25, 0.3) is 10.9 Å². The number of rotatable bonds is 3. The van der Waals surface area contributed by atoms with E-state index < -0.39 is 0 Å². The van der Waals surface area contributed by atoms with Crippen molar-refractivity contribution in [3.8, 4) is 0 Å². The topological polar surface area (TPSA) is 44.9 Å². The standard InChI is InChI=1S/C20H21FN2O/c1-20(2,3)14-4-7-16(8-5-14)23-19(24)10-13-12-22-18-11-15(21)6-9-17(13)18/h4-9,11-12,22H,10H2,1-3H3,(H,23,24). The van der Waals surface area contributed by atoms with Gasteiger partial charge in [-0.3, -0.25) is 4.79 Å². The van der Waals surface area contributed by atoms with E-state index in [9.17, 15) is 9.18 Å². The van der Waals surface area contributed by atoms with E-state index in [-0.39, 0.29) is 23.6 Å². The molecule has 0 atom stereocenters. The number of H-pyrrole nitrogens is 1. The van der Waals surface area contributed by atoms with E-state index in [1.54, 1.807) is 12.3 Å². The Bertz CT molecular complexity index is 873. The predicted octanol–water partition coefficient (Wildman–Crippen LogP) is 4.79. The van der Waals surface area contributed by atoms with Gasteiger partial charge in [0.1, 0.15) is 5.82 Å². The van der Waals surface area contributed by atoms with Crippen molar-refractivity contribution >= 4 is 22.5 Å². The van der Waals surface area contributed by atoms with E-state index in [2.05, 4.69) is 31.1 Å². The molecular formula is C20H21FN2O. The number of nitrogens with one attached hydrogen (secondary N) is 2. The second-order valence-electron chi connectivity index (χ2n) is 7.06. The number of aromatic amines is 1. The molecule has 0 fully saturated rings. The van der Waals surface area contributed by atoms with Crippen molar-refractivity contribution in [2.45, 2.75) is 32.6 Å². The Labute approximate surface area is 140 Å². The van der Waals surface area contributed by atoms with E-state index in [0.717, 1.165) is 16.6 Å². The van der Waals surface area contributed by atoms with Crippen LogP contribution in [0.3, 0.4) is 0 Å². The van der Waals surface area contributed by atoms with Crippen molar-refractivity contribution in [1.29, 1.82) is 0 Å². The van der Waals surface area contributed by atoms with Crippen LogP contribution < -0.4 is 5.32 Å². The quantitative estimate of drug-likeness (QED) is 0.715. The second-order valence-corrected chi connectivity index (χ2v) is 7.06. The molecular weight excluding hydrogens is 303 g/mol. The third-order valence-electron chi connectivity index (χ3n) is 4.12. The van der Waals surface area contributed by atoms with Crippen molar-refractivity contribution in [2.75, 3.05) is 5.32 Å². The van der Waals surface area contributed by atoms with Crippen LogP contribution in [0.4, 0.5) is 10.1 Å². The average Bonchev–Trinajstić information content (AvgIpc) is 2.89. The van der Waals surface area contributed by atoms with Gasteiger partial charge < -0.3 is 10.3 Å². The molecule has 124 valence electrons. The molecule has 1 aromatic heterocycles. The lowest BCUT2D eigenvalue weighted by atomic mass is 9.87. The average molecular weight is 324 g/mol. The van der Waals surface area contributed by atoms with Gasteiger partial charge in [0.05, 0.1) is 6.42 Å². The largest absolute Gasteiger partial charge is 0.361 e. The fourth-order valence-electron chi connectivity index (χ4n) is 2.74. The number of aromatic nitrogens is 1. The molecule has 4 heteroatoms. The van der Waals surface area contributed by atoms with Crippen molar-refractivity contribution in [1.82, 2.24) is 4.98 Å². The molecule has 1 heterocycles. The van der Waals surface area contributed by atoms with E-state index in [1.165, 1.54) is 17.7 Å². The molecule has 24 heavy (non-hydrogen) atoms. The lowest BCUT2D eigenvalue weighted by molar-refractivity contribution is -0.115. The van der Waals surface area contributed by atoms with Gasteiger partial charge in [0.15, 0.2) is 0 Å². The van der Waals surface area contributed by atoms with Gasteiger partial charge >= 0.3 is 0 Å². The molecule has 3 nitrogen and oxygen atoms in total. The Morgan fingerprint density at radius 3 is 2.50 bits per heavy atom. The molecule has 0 aliphatic heterocycles. The SMILES string of the molecule is CC(C)(C)c1ccc(NC(=O)Cc2c[nH]c3cc(F)ccc23)cc1. The summed E-state index contributed by atoms with van der Waals surface area (Å²) >= 11 is 0. The van der Waals surface area contributed by atoms with Crippen LogP contribution in [0.2, 0.25) is 0 Å². The Hall–Kier alpha value is -2.62. The molecule has 0 unspecified atom stereocenters. The minimum atomic E-state index is -0.292. The molecule has 3 aromatic rings. The number of fused-ring (bicyclic) bond motifs is 1. The van der Waals surface area contributed by atoms with Crippen LogP contribution in [0.15, 0.2) is 48.7 Å². The highest BCUT2D eigenvalue weighted by molar-refractivity contribution is 5.95. The summed E-state index contributed by atoms with van der Waals surface area (Å²) in [4.78, 5) is 15.3. The van der Waals surface area contributed by atoms with Crippen LogP contribution in [-0.2, 0) is 16.6 Å². The fourth-order valence-corrected chi connectivity index (χ4v) is 2.74. The number of carbonyl (C=O) groups is 1. The summed E-state index contributed by atoms with van der Waals surface area (Å²) in [5.74, 6) is -0.386. The molecule has 0 radical (unpaired) electrons. The molecule has 0 spiro atoms. The second kappa shape index (κ2) is 6.11. The number of benzene rings is 2. The number of amides is 1. The molecule has 2 aromatic carbocycles. The van der Waals surface area contributed by atoms with Gasteiger partial charge in [-0.25, -0.2) is 4.39 Å². The molecule has 0 bridgehead atoms. The maximum atomic E-state index is 13.2. The monoisotopic (exact) mass is 324 g/mol. The van der Waals surface area contributed by atoms with E-state index in [0.29, 0.717) is 5.52 Å². The Morgan fingerprint density at radius 1 is 1.12 bits per heavy atom. The zero-order valence-electron chi connectivity index (χ0n) is 14.1. The molecule has 2 N–H and O–H groups in total. The zero-order chi connectivity index (χ0) is 17.3. The van der Waals surface area contributed by atoms with Gasteiger partial charge in [-0.15, -0.1) is 0 Å². The maximum Gasteiger partial charge on any atom is 0.228 e. The number of halogens is 1. The lowest BCUT2D eigenvalue weighted by Gasteiger charge is -2.19. The number of hydrogen-bond donors (Lipinski definition) is 2. The first-order valence-corrected chi connectivity index (χ1v) is 7.99. The van der Waals surface area contributed by atoms with Crippen molar-refractivity contribution in [3.05, 3.63) is 65.6 Å². The van der Waals surface area contributed by atoms with Gasteiger partial charge in [-0.05, 0) is 46.9 Å². The smallest absolute Gasteiger partial charge is 0.228 e. The highest BCUT2D eigenvalue weighted by atomic mass is 19.1. The van der Waals surface area contributed by atoms with E-state index in [1.807, 2.05) is 24.3 Å². The van der Waals surface area contributed by atoms with Crippen LogP contribution >= 0.6 is 0 Å². The van der Waals surface area contributed by atoms with Gasteiger partial charge in [0.2, 0.25) is 5.91 Å². The first-order valence-electron chi connectivity index (χ1n) is 7.99. The van der Waals surface area contributed by atoms with E-state index >= 15 is 0 Å². The predicted molar refractivity (Wildman–Crippen MR) is 95.7 cm³/mol. The molecule has 0 saturated heterocycles. The van der Waals surface area contributed by atoms with Crippen molar-refractivity contribution in [2.24, 2.45) is 0 Å².